The Morgan fingerprint density at radius 2 is 2.15 bits per heavy atom. The van der Waals surface area contributed by atoms with Crippen LogP contribution in [0.15, 0.2) is 10.9 Å². The molecule has 0 amide bonds. The number of nitrogens with two attached hydrogens (primary N) is 1. The molecule has 0 saturated heterocycles. The highest BCUT2D eigenvalue weighted by Crippen LogP contribution is 2.11. The number of nitrogens with zero attached hydrogens (tertiary/aromatic N) is 4. The van der Waals surface area contributed by atoms with Crippen molar-refractivity contribution in [3.05, 3.63) is 16.6 Å². The van der Waals surface area contributed by atoms with Gasteiger partial charge in [-0.3, -0.25) is 5.43 Å². The number of rotatable bonds is 8. The molecule has 4 N–H and O–H groups in total. The number of nitrogens with one attached hydrogen (secondary N) is 2. The maximum atomic E-state index is 5.38. The Labute approximate surface area is 120 Å². The third kappa shape index (κ3) is 4.28. The van der Waals surface area contributed by atoms with Crippen LogP contribution in [0.3, 0.4) is 0 Å². The lowest BCUT2D eigenvalue weighted by Gasteiger charge is -2.08. The van der Waals surface area contributed by atoms with Crippen molar-refractivity contribution in [1.29, 1.82) is 0 Å². The minimum Gasteiger partial charge on any atom is -0.463 e. The Morgan fingerprint density at radius 1 is 1.30 bits per heavy atom. The quantitative estimate of drug-likeness (QED) is 0.489. The molecule has 108 valence electrons. The fourth-order valence-electron chi connectivity index (χ4n) is 1.42. The van der Waals surface area contributed by atoms with Gasteiger partial charge in [0.05, 0.1) is 17.8 Å². The number of hydrogen-bond acceptors (Lipinski definition) is 9. The Balaban J connectivity index is 1.94. The summed E-state index contributed by atoms with van der Waals surface area (Å²) in [6.07, 6.45) is 1.68. The summed E-state index contributed by atoms with van der Waals surface area (Å²) in [5.41, 5.74) is 5.24. The smallest absolute Gasteiger partial charge is 0.323 e. The standard InChI is InChI=1S/C11H17N7OS/c1-2-5-19-11-16-9(15-10(17-11)18-12)13-4-3-8-6-20-7-14-8/h6-7H,2-5,12H2,1H3,(H2,13,15,16,17,18). The summed E-state index contributed by atoms with van der Waals surface area (Å²) < 4.78 is 5.38. The molecule has 8 nitrogen and oxygen atoms in total. The second-order valence-corrected chi connectivity index (χ2v) is 4.63. The van der Waals surface area contributed by atoms with Crippen LogP contribution in [0.1, 0.15) is 19.0 Å². The minimum atomic E-state index is 0.256. The molecule has 2 rings (SSSR count). The minimum absolute atomic E-state index is 0.256. The number of ether oxygens (including phenoxy) is 1. The number of thiazole rings is 1. The maximum absolute atomic E-state index is 5.38. The molecule has 0 radical (unpaired) electrons. The van der Waals surface area contributed by atoms with Crippen LogP contribution in [0.5, 0.6) is 6.01 Å². The molecule has 9 heteroatoms. The summed E-state index contributed by atoms with van der Waals surface area (Å²) in [6.45, 7) is 3.23. The van der Waals surface area contributed by atoms with Crippen LogP contribution in [0.25, 0.3) is 0 Å². The fraction of sp³-hybridized carbons (Fsp3) is 0.455. The third-order valence-corrected chi connectivity index (χ3v) is 2.96. The second kappa shape index (κ2) is 7.56. The highest BCUT2D eigenvalue weighted by Gasteiger charge is 2.06. The lowest BCUT2D eigenvalue weighted by molar-refractivity contribution is 0.292. The van der Waals surface area contributed by atoms with Crippen LogP contribution in [-0.4, -0.2) is 33.1 Å². The highest BCUT2D eigenvalue weighted by atomic mass is 32.1. The third-order valence-electron chi connectivity index (χ3n) is 2.33. The number of aromatic nitrogens is 4. The molecule has 0 fully saturated rings. The first-order valence-corrected chi connectivity index (χ1v) is 7.22. The van der Waals surface area contributed by atoms with E-state index in [4.69, 9.17) is 10.6 Å². The van der Waals surface area contributed by atoms with Gasteiger partial charge in [0.1, 0.15) is 0 Å². The molecule has 0 aliphatic carbocycles. The van der Waals surface area contributed by atoms with Crippen molar-refractivity contribution in [2.75, 3.05) is 23.9 Å². The van der Waals surface area contributed by atoms with Gasteiger partial charge in [-0.15, -0.1) is 11.3 Å². The molecule has 2 aromatic rings. The van der Waals surface area contributed by atoms with E-state index < -0.39 is 0 Å². The van der Waals surface area contributed by atoms with Gasteiger partial charge in [0.15, 0.2) is 0 Å². The zero-order valence-corrected chi connectivity index (χ0v) is 12.0. The van der Waals surface area contributed by atoms with Gasteiger partial charge < -0.3 is 10.1 Å². The molecule has 0 saturated carbocycles. The molecule has 0 atom stereocenters. The normalized spacial score (nSPS) is 10.3. The van der Waals surface area contributed by atoms with Gasteiger partial charge >= 0.3 is 6.01 Å². The van der Waals surface area contributed by atoms with Gasteiger partial charge in [0, 0.05) is 18.3 Å². The van der Waals surface area contributed by atoms with Gasteiger partial charge in [0.2, 0.25) is 11.9 Å². The summed E-state index contributed by atoms with van der Waals surface area (Å²) >= 11 is 1.58. The van der Waals surface area contributed by atoms with Crippen LogP contribution >= 0.6 is 11.3 Å². The van der Waals surface area contributed by atoms with Crippen LogP contribution in [0.4, 0.5) is 11.9 Å². The number of nitrogen functional groups attached to an aromatic ring is 1. The molecule has 0 aromatic carbocycles. The number of anilines is 2. The Kier molecular flexibility index (Phi) is 5.44. The summed E-state index contributed by atoms with van der Waals surface area (Å²) in [6, 6.07) is 0.256. The predicted molar refractivity (Wildman–Crippen MR) is 77.7 cm³/mol. The first kappa shape index (κ1) is 14.4. The van der Waals surface area contributed by atoms with E-state index in [0.717, 1.165) is 18.5 Å². The van der Waals surface area contributed by atoms with Gasteiger partial charge in [0.25, 0.3) is 0 Å². The van der Waals surface area contributed by atoms with Crippen molar-refractivity contribution in [3.63, 3.8) is 0 Å². The van der Waals surface area contributed by atoms with E-state index in [9.17, 15) is 0 Å². The Morgan fingerprint density at radius 3 is 2.85 bits per heavy atom. The van der Waals surface area contributed by atoms with Crippen LogP contribution in [0.2, 0.25) is 0 Å². The van der Waals surface area contributed by atoms with Crippen molar-refractivity contribution in [1.82, 2.24) is 19.9 Å². The average Bonchev–Trinajstić information content (AvgIpc) is 2.98. The fourth-order valence-corrected chi connectivity index (χ4v) is 2.01. The number of hydrazine groups is 1. The van der Waals surface area contributed by atoms with Gasteiger partial charge in [-0.25, -0.2) is 10.8 Å². The molecule has 2 heterocycles. The van der Waals surface area contributed by atoms with Crippen molar-refractivity contribution >= 4 is 23.2 Å². The van der Waals surface area contributed by atoms with Gasteiger partial charge in [-0.2, -0.15) is 15.0 Å². The van der Waals surface area contributed by atoms with Crippen molar-refractivity contribution in [2.24, 2.45) is 5.84 Å². The summed E-state index contributed by atoms with van der Waals surface area (Å²) in [5, 5.41) is 5.11. The molecule has 2 aromatic heterocycles. The molecule has 0 bridgehead atoms. The van der Waals surface area contributed by atoms with Gasteiger partial charge in [-0.1, -0.05) is 6.92 Å². The van der Waals surface area contributed by atoms with Crippen LogP contribution < -0.4 is 21.3 Å². The van der Waals surface area contributed by atoms with Crippen LogP contribution in [0, 0.1) is 0 Å². The number of hydrogen-bond donors (Lipinski definition) is 3. The Bertz CT molecular complexity index is 519. The molecule has 0 unspecified atom stereocenters. The zero-order chi connectivity index (χ0) is 14.2. The summed E-state index contributed by atoms with van der Waals surface area (Å²) in [4.78, 5) is 16.5. The monoisotopic (exact) mass is 295 g/mol. The van der Waals surface area contributed by atoms with E-state index in [-0.39, 0.29) is 12.0 Å². The maximum Gasteiger partial charge on any atom is 0.323 e. The van der Waals surface area contributed by atoms with E-state index in [2.05, 4.69) is 30.7 Å². The molecule has 0 aliphatic heterocycles. The lowest BCUT2D eigenvalue weighted by atomic mass is 10.3. The first-order chi connectivity index (χ1) is 9.81. The van der Waals surface area contributed by atoms with E-state index in [1.165, 1.54) is 0 Å². The summed E-state index contributed by atoms with van der Waals surface area (Å²) in [5.74, 6) is 6.02. The molecule has 0 spiro atoms. The van der Waals surface area contributed by atoms with E-state index in [1.807, 2.05) is 17.8 Å². The van der Waals surface area contributed by atoms with E-state index in [1.54, 1.807) is 11.3 Å². The average molecular weight is 295 g/mol. The van der Waals surface area contributed by atoms with Gasteiger partial charge in [-0.05, 0) is 6.42 Å². The summed E-state index contributed by atoms with van der Waals surface area (Å²) in [7, 11) is 0. The predicted octanol–water partition coefficient (Wildman–Crippen LogP) is 1.06. The Hall–Kier alpha value is -2.00. The first-order valence-electron chi connectivity index (χ1n) is 6.28. The highest BCUT2D eigenvalue weighted by molar-refractivity contribution is 7.07. The van der Waals surface area contributed by atoms with E-state index >= 15 is 0 Å². The SMILES string of the molecule is CCCOc1nc(NN)nc(NCCc2cscn2)n1. The van der Waals surface area contributed by atoms with Crippen LogP contribution in [-0.2, 0) is 6.42 Å². The second-order valence-electron chi connectivity index (χ2n) is 3.91. The van der Waals surface area contributed by atoms with E-state index in [0.29, 0.717) is 19.1 Å². The van der Waals surface area contributed by atoms with Crippen molar-refractivity contribution < 1.29 is 4.74 Å². The lowest BCUT2D eigenvalue weighted by Crippen LogP contribution is -2.15. The molecular formula is C11H17N7OS. The molecule has 0 aliphatic rings. The zero-order valence-electron chi connectivity index (χ0n) is 11.2. The largest absolute Gasteiger partial charge is 0.463 e. The molecule has 20 heavy (non-hydrogen) atoms. The van der Waals surface area contributed by atoms with Crippen molar-refractivity contribution in [3.8, 4) is 6.01 Å². The molecular weight excluding hydrogens is 278 g/mol. The van der Waals surface area contributed by atoms with Crippen molar-refractivity contribution in [2.45, 2.75) is 19.8 Å². The topological polar surface area (TPSA) is 111 Å².